The molecule has 20 nitrogen and oxygen atoms in total. The van der Waals surface area contributed by atoms with E-state index >= 15 is 0 Å². The van der Waals surface area contributed by atoms with Crippen molar-refractivity contribution in [3.05, 3.63) is 23.8 Å². The number of benzene rings is 1. The average molecular weight is 1130 g/mol. The highest BCUT2D eigenvalue weighted by molar-refractivity contribution is 5.41. The Balaban J connectivity index is 0. The number of hydrogen-bond donors (Lipinski definition) is 0. The molecule has 0 spiro atoms. The van der Waals surface area contributed by atoms with Gasteiger partial charge in [0.2, 0.25) is 0 Å². The van der Waals surface area contributed by atoms with Crippen LogP contribution >= 0.6 is 0 Å². The van der Waals surface area contributed by atoms with Gasteiger partial charge >= 0.3 is 0 Å². The van der Waals surface area contributed by atoms with Gasteiger partial charge in [0, 0.05) is 62.9 Å². The number of hydrogen-bond acceptors (Lipinski definition) is 20. The Morgan fingerprint density at radius 2 is 0.513 bits per heavy atom. The summed E-state index contributed by atoms with van der Waals surface area (Å²) in [5.74, 6) is 1.61. The van der Waals surface area contributed by atoms with Crippen molar-refractivity contribution < 1.29 is 94.7 Å². The zero-order valence-corrected chi connectivity index (χ0v) is 52.0. The molecule has 4 atom stereocenters. The summed E-state index contributed by atoms with van der Waals surface area (Å²) in [4.78, 5) is 0. The summed E-state index contributed by atoms with van der Waals surface area (Å²) in [6.45, 7) is 33.0. The second kappa shape index (κ2) is 53.1. The standard InChI is InChI=1S/C29H60O12.C16H26O4.C13H28O4/c1-29(2,3)20-26(39-19-16-38-25-28(41-18-11-33-7)23-35-13-9-31-5)21-36-14-15-37-24-27(40-17-10-32-6)22-34-12-8-30-4;1-16(2,3)13-10-14(19-8-6-17-4)12-15(11-13)20-9-7-18-5;1-13(2,3)10-12(17-9-7-15-5)11-16-8-6-14-4/h26-28H,8-25H2,1-7H3;10-12H,6-9H2,1-5H3;12H,6-11H2,1-5H3. The van der Waals surface area contributed by atoms with Crippen molar-refractivity contribution in [2.24, 2.45) is 10.8 Å². The Morgan fingerprint density at radius 3 is 0.795 bits per heavy atom. The van der Waals surface area contributed by atoms with Crippen LogP contribution in [0.1, 0.15) is 80.7 Å². The largest absolute Gasteiger partial charge is 0.491 e. The van der Waals surface area contributed by atoms with E-state index < -0.39 is 0 Å². The Bertz CT molecular complexity index is 1360. The van der Waals surface area contributed by atoms with Crippen molar-refractivity contribution in [1.82, 2.24) is 0 Å². The Labute approximate surface area is 473 Å². The SMILES string of the molecule is COCCOCC(CC(C)(C)C)OCCOC.COCCOCC(COCCOCC(CC(C)(C)C)OCCOCC(COCCOC)OCCOC)OCCOC.COCCOc1cc(OCCOC)cc(C(C)(C)C)c1. The first-order valence-electron chi connectivity index (χ1n) is 27.6. The van der Waals surface area contributed by atoms with Crippen molar-refractivity contribution in [1.29, 1.82) is 0 Å². The van der Waals surface area contributed by atoms with Gasteiger partial charge in [-0.25, -0.2) is 0 Å². The molecule has 1 aromatic carbocycles. The highest BCUT2D eigenvalue weighted by atomic mass is 16.6. The highest BCUT2D eigenvalue weighted by Crippen LogP contribution is 2.31. The maximum absolute atomic E-state index is 6.12. The van der Waals surface area contributed by atoms with E-state index in [1.807, 2.05) is 6.07 Å². The van der Waals surface area contributed by atoms with Gasteiger partial charge in [-0.1, -0.05) is 62.3 Å². The topological polar surface area (TPSA) is 185 Å². The van der Waals surface area contributed by atoms with E-state index in [4.69, 9.17) is 94.7 Å². The predicted molar refractivity (Wildman–Crippen MR) is 303 cm³/mol. The monoisotopic (exact) mass is 1130 g/mol. The Morgan fingerprint density at radius 1 is 0.282 bits per heavy atom. The van der Waals surface area contributed by atoms with Gasteiger partial charge in [0.25, 0.3) is 0 Å². The summed E-state index contributed by atoms with van der Waals surface area (Å²) in [7, 11) is 13.2. The van der Waals surface area contributed by atoms with E-state index in [-0.39, 0.29) is 40.7 Å². The second-order valence-corrected chi connectivity index (χ2v) is 21.5. The minimum atomic E-state index is -0.183. The fourth-order valence-electron chi connectivity index (χ4n) is 6.65. The van der Waals surface area contributed by atoms with Crippen LogP contribution in [0.4, 0.5) is 0 Å². The van der Waals surface area contributed by atoms with Crippen molar-refractivity contribution in [3.8, 4) is 11.5 Å². The molecule has 0 saturated heterocycles. The van der Waals surface area contributed by atoms with E-state index in [0.717, 1.165) is 24.3 Å². The maximum atomic E-state index is 6.12. The molecule has 0 N–H and O–H groups in total. The van der Waals surface area contributed by atoms with Gasteiger partial charge in [-0.05, 0) is 46.8 Å². The lowest BCUT2D eigenvalue weighted by Gasteiger charge is -2.26. The summed E-state index contributed by atoms with van der Waals surface area (Å²) >= 11 is 0. The van der Waals surface area contributed by atoms with Crippen LogP contribution in [0.3, 0.4) is 0 Å². The molecule has 0 aliphatic heterocycles. The van der Waals surface area contributed by atoms with Gasteiger partial charge in [-0.15, -0.1) is 0 Å². The maximum Gasteiger partial charge on any atom is 0.123 e. The number of ether oxygens (including phenoxy) is 20. The van der Waals surface area contributed by atoms with Gasteiger partial charge in [-0.3, -0.25) is 0 Å². The highest BCUT2D eigenvalue weighted by Gasteiger charge is 2.22. The minimum absolute atomic E-state index is 0.0417. The van der Waals surface area contributed by atoms with E-state index in [9.17, 15) is 0 Å². The first kappa shape index (κ1) is 78.2. The number of methoxy groups -OCH3 is 8. The third-order valence-corrected chi connectivity index (χ3v) is 10.5. The second-order valence-electron chi connectivity index (χ2n) is 21.5. The Kier molecular flexibility index (Phi) is 53.2. The van der Waals surface area contributed by atoms with Gasteiger partial charge in [-0.2, -0.15) is 0 Å². The predicted octanol–water partition coefficient (Wildman–Crippen LogP) is 7.40. The molecule has 0 fully saturated rings. The van der Waals surface area contributed by atoms with Gasteiger partial charge in [0.1, 0.15) is 36.9 Å². The molecule has 0 aromatic heterocycles. The summed E-state index contributed by atoms with van der Waals surface area (Å²) in [6, 6.07) is 6.01. The van der Waals surface area contributed by atoms with Crippen molar-refractivity contribution >= 4 is 0 Å². The molecule has 0 radical (unpaired) electrons. The quantitative estimate of drug-likeness (QED) is 0.0588. The summed E-state index contributed by atoms with van der Waals surface area (Å²) in [5.41, 5.74) is 1.56. The summed E-state index contributed by atoms with van der Waals surface area (Å²) in [6.07, 6.45) is 1.55. The van der Waals surface area contributed by atoms with Crippen LogP contribution in [0.2, 0.25) is 0 Å². The Hall–Kier alpha value is -1.90. The molecule has 0 amide bonds. The van der Waals surface area contributed by atoms with Crippen LogP contribution in [-0.4, -0.2) is 253 Å². The van der Waals surface area contributed by atoms with E-state index in [2.05, 4.69) is 74.4 Å². The van der Waals surface area contributed by atoms with Crippen molar-refractivity contribution in [3.63, 3.8) is 0 Å². The van der Waals surface area contributed by atoms with E-state index in [1.54, 1.807) is 56.9 Å². The van der Waals surface area contributed by atoms with Crippen LogP contribution in [0.5, 0.6) is 11.5 Å². The fourth-order valence-corrected chi connectivity index (χ4v) is 6.65. The lowest BCUT2D eigenvalue weighted by molar-refractivity contribution is -0.0954. The molecule has 0 aliphatic carbocycles. The smallest absolute Gasteiger partial charge is 0.123 e. The zero-order valence-electron chi connectivity index (χ0n) is 52.0. The van der Waals surface area contributed by atoms with Crippen molar-refractivity contribution in [2.45, 2.75) is 105 Å². The van der Waals surface area contributed by atoms with E-state index in [1.165, 1.54) is 5.56 Å². The third kappa shape index (κ3) is 53.4. The molecule has 20 heteroatoms. The lowest BCUT2D eigenvalue weighted by atomic mass is 9.87. The van der Waals surface area contributed by atoms with Crippen LogP contribution in [0.15, 0.2) is 18.2 Å². The van der Waals surface area contributed by atoms with Crippen LogP contribution in [0.25, 0.3) is 0 Å². The summed E-state index contributed by atoms with van der Waals surface area (Å²) < 4.78 is 109. The molecule has 1 aromatic rings. The normalized spacial score (nSPS) is 13.6. The fraction of sp³-hybridized carbons (Fsp3) is 0.897. The molecule has 78 heavy (non-hydrogen) atoms. The van der Waals surface area contributed by atoms with Crippen LogP contribution in [0, 0.1) is 10.8 Å². The first-order chi connectivity index (χ1) is 37.3. The molecule has 4 unspecified atom stereocenters. The molecule has 1 rings (SSSR count). The van der Waals surface area contributed by atoms with Gasteiger partial charge in [0.05, 0.1) is 171 Å². The van der Waals surface area contributed by atoms with Gasteiger partial charge < -0.3 is 94.7 Å². The van der Waals surface area contributed by atoms with Crippen LogP contribution < -0.4 is 9.47 Å². The molecular weight excluding hydrogens is 1020 g/mol. The minimum Gasteiger partial charge on any atom is -0.491 e. The van der Waals surface area contributed by atoms with Crippen LogP contribution in [-0.2, 0) is 90.7 Å². The third-order valence-electron chi connectivity index (χ3n) is 10.5. The molecule has 0 aliphatic rings. The molecular formula is C58H114O20. The average Bonchev–Trinajstić information content (AvgIpc) is 3.38. The number of rotatable bonds is 50. The lowest BCUT2D eigenvalue weighted by Crippen LogP contribution is -2.30. The van der Waals surface area contributed by atoms with E-state index in [0.29, 0.717) is 172 Å². The zero-order chi connectivity index (χ0) is 58.6. The molecule has 0 heterocycles. The molecule has 0 bridgehead atoms. The molecule has 0 saturated carbocycles. The van der Waals surface area contributed by atoms with Crippen molar-refractivity contribution in [2.75, 3.05) is 229 Å². The molecule has 466 valence electrons. The van der Waals surface area contributed by atoms with Gasteiger partial charge in [0.15, 0.2) is 0 Å². The summed E-state index contributed by atoms with van der Waals surface area (Å²) in [5, 5.41) is 0. The first-order valence-corrected chi connectivity index (χ1v) is 27.6.